The van der Waals surface area contributed by atoms with Crippen LogP contribution in [0.1, 0.15) is 27.7 Å². The van der Waals surface area contributed by atoms with Crippen molar-refractivity contribution in [3.05, 3.63) is 12.7 Å². The quantitative estimate of drug-likeness (QED) is 0.578. The zero-order valence-electron chi connectivity index (χ0n) is 14.0. The van der Waals surface area contributed by atoms with Crippen molar-refractivity contribution in [3.8, 4) is 12.3 Å². The van der Waals surface area contributed by atoms with Crippen molar-refractivity contribution in [1.82, 2.24) is 0 Å². The minimum Gasteiger partial charge on any atom is -0.352 e. The minimum absolute atomic E-state index is 0.272. The molecule has 23 heavy (non-hydrogen) atoms. The van der Waals surface area contributed by atoms with Crippen LogP contribution >= 0.6 is 0 Å². The largest absolute Gasteiger partial charge is 0.352 e. The SMILES string of the molecule is C#C[C@@]1(OCC=C)[C@@H]([C@@H]2COC(C)(C)O2)O[C@@H]2OC(C)(C)O[C@@H]21. The second kappa shape index (κ2) is 5.55. The molecule has 3 heterocycles. The van der Waals surface area contributed by atoms with E-state index in [-0.39, 0.29) is 12.7 Å². The molecule has 6 heteroatoms. The predicted molar refractivity (Wildman–Crippen MR) is 81.3 cm³/mol. The maximum Gasteiger partial charge on any atom is 0.191 e. The minimum atomic E-state index is -1.12. The molecule has 0 aliphatic carbocycles. The van der Waals surface area contributed by atoms with Crippen LogP contribution in [0.5, 0.6) is 0 Å². The monoisotopic (exact) mass is 324 g/mol. The molecule has 0 aromatic carbocycles. The van der Waals surface area contributed by atoms with E-state index in [4.69, 9.17) is 34.8 Å². The summed E-state index contributed by atoms with van der Waals surface area (Å²) in [5, 5.41) is 0. The van der Waals surface area contributed by atoms with E-state index in [2.05, 4.69) is 12.5 Å². The first-order valence-electron chi connectivity index (χ1n) is 7.78. The average molecular weight is 324 g/mol. The van der Waals surface area contributed by atoms with Crippen LogP contribution in [0.15, 0.2) is 12.7 Å². The van der Waals surface area contributed by atoms with Gasteiger partial charge in [0.15, 0.2) is 29.6 Å². The average Bonchev–Trinajstić information content (AvgIpc) is 3.05. The highest BCUT2D eigenvalue weighted by atomic mass is 16.9. The maximum atomic E-state index is 6.05. The lowest BCUT2D eigenvalue weighted by atomic mass is 9.89. The van der Waals surface area contributed by atoms with Gasteiger partial charge in [0, 0.05) is 0 Å². The third-order valence-electron chi connectivity index (χ3n) is 4.22. The fraction of sp³-hybridized carbons (Fsp3) is 0.765. The van der Waals surface area contributed by atoms with Gasteiger partial charge >= 0.3 is 0 Å². The van der Waals surface area contributed by atoms with Crippen molar-refractivity contribution in [3.63, 3.8) is 0 Å². The zero-order chi connectivity index (χ0) is 16.9. The van der Waals surface area contributed by atoms with Gasteiger partial charge in [0.05, 0.1) is 13.2 Å². The summed E-state index contributed by atoms with van der Waals surface area (Å²) in [6.45, 7) is 11.6. The van der Waals surface area contributed by atoms with Crippen LogP contribution in [0.3, 0.4) is 0 Å². The Hall–Kier alpha value is -0.940. The lowest BCUT2D eigenvalue weighted by Gasteiger charge is -2.35. The summed E-state index contributed by atoms with van der Waals surface area (Å²) < 4.78 is 35.4. The number of ether oxygens (including phenoxy) is 6. The normalized spacial score (nSPS) is 44.0. The molecule has 128 valence electrons. The molecule has 0 N–H and O–H groups in total. The van der Waals surface area contributed by atoms with Gasteiger partial charge in [-0.25, -0.2) is 0 Å². The molecule has 6 nitrogen and oxygen atoms in total. The van der Waals surface area contributed by atoms with Gasteiger partial charge in [0.2, 0.25) is 0 Å². The summed E-state index contributed by atoms with van der Waals surface area (Å²) in [7, 11) is 0. The molecule has 5 atom stereocenters. The lowest BCUT2D eigenvalue weighted by molar-refractivity contribution is -0.244. The molecule has 0 unspecified atom stereocenters. The van der Waals surface area contributed by atoms with E-state index >= 15 is 0 Å². The van der Waals surface area contributed by atoms with Crippen LogP contribution in [-0.4, -0.2) is 55.0 Å². The van der Waals surface area contributed by atoms with E-state index in [1.54, 1.807) is 6.08 Å². The molecule has 0 amide bonds. The van der Waals surface area contributed by atoms with Crippen LogP contribution in [0.25, 0.3) is 0 Å². The number of rotatable bonds is 4. The highest BCUT2D eigenvalue weighted by Gasteiger charge is 2.67. The van der Waals surface area contributed by atoms with Crippen molar-refractivity contribution in [2.24, 2.45) is 0 Å². The Morgan fingerprint density at radius 3 is 2.48 bits per heavy atom. The predicted octanol–water partition coefficient (Wildman–Crippen LogP) is 1.59. The summed E-state index contributed by atoms with van der Waals surface area (Å²) in [5.41, 5.74) is -1.12. The van der Waals surface area contributed by atoms with Gasteiger partial charge in [-0.15, -0.1) is 13.0 Å². The van der Waals surface area contributed by atoms with Gasteiger partial charge in [-0.2, -0.15) is 0 Å². The van der Waals surface area contributed by atoms with E-state index in [1.165, 1.54) is 0 Å². The van der Waals surface area contributed by atoms with E-state index in [9.17, 15) is 0 Å². The Bertz CT molecular complexity index is 522. The van der Waals surface area contributed by atoms with Gasteiger partial charge in [0.1, 0.15) is 12.2 Å². The fourth-order valence-corrected chi connectivity index (χ4v) is 3.32. The van der Waals surface area contributed by atoms with Crippen molar-refractivity contribution in [2.75, 3.05) is 13.2 Å². The molecule has 0 spiro atoms. The number of hydrogen-bond donors (Lipinski definition) is 0. The number of fused-ring (bicyclic) bond motifs is 1. The molecule has 0 aromatic heterocycles. The van der Waals surface area contributed by atoms with E-state index in [1.807, 2.05) is 27.7 Å². The van der Waals surface area contributed by atoms with Crippen molar-refractivity contribution in [2.45, 2.75) is 69.5 Å². The molecule has 0 aromatic rings. The Kier molecular flexibility index (Phi) is 4.08. The van der Waals surface area contributed by atoms with E-state index < -0.39 is 35.7 Å². The Labute approximate surface area is 137 Å². The third kappa shape index (κ3) is 2.82. The molecule has 0 radical (unpaired) electrons. The highest BCUT2D eigenvalue weighted by molar-refractivity contribution is 5.24. The molecule has 3 aliphatic heterocycles. The standard InChI is InChI=1S/C17H24O6/c1-7-9-18-17(8-2)12(11-10-19-15(3,4)21-11)20-14-13(17)22-16(5,6)23-14/h2,7,11-14H,1,9-10H2,3-6H3/t11-,12+,13-,14+,17+/m0/s1. The Morgan fingerprint density at radius 2 is 1.91 bits per heavy atom. The molecule has 0 bridgehead atoms. The first-order chi connectivity index (χ1) is 10.7. The van der Waals surface area contributed by atoms with Crippen molar-refractivity contribution < 1.29 is 28.4 Å². The first kappa shape index (κ1) is 16.9. The van der Waals surface area contributed by atoms with Crippen LogP contribution in [-0.2, 0) is 28.4 Å². The summed E-state index contributed by atoms with van der Waals surface area (Å²) in [6, 6.07) is 0. The molecular formula is C17H24O6. The molecule has 3 aliphatic rings. The van der Waals surface area contributed by atoms with Gasteiger partial charge in [-0.05, 0) is 27.7 Å². The summed E-state index contributed by atoms with van der Waals surface area (Å²) in [4.78, 5) is 0. The Balaban J connectivity index is 1.90. The molecule has 3 fully saturated rings. The highest BCUT2D eigenvalue weighted by Crippen LogP contribution is 2.47. The van der Waals surface area contributed by atoms with Crippen molar-refractivity contribution >= 4 is 0 Å². The Morgan fingerprint density at radius 1 is 1.17 bits per heavy atom. The second-order valence-corrected chi connectivity index (χ2v) is 6.89. The fourth-order valence-electron chi connectivity index (χ4n) is 3.32. The van der Waals surface area contributed by atoms with Crippen LogP contribution in [0.4, 0.5) is 0 Å². The molecule has 0 saturated carbocycles. The van der Waals surface area contributed by atoms with E-state index in [0.717, 1.165) is 0 Å². The number of terminal acetylenes is 1. The van der Waals surface area contributed by atoms with Crippen molar-refractivity contribution in [1.29, 1.82) is 0 Å². The van der Waals surface area contributed by atoms with Gasteiger partial charge < -0.3 is 28.4 Å². The topological polar surface area (TPSA) is 55.4 Å². The summed E-state index contributed by atoms with van der Waals surface area (Å²) in [6.07, 6.45) is 5.42. The van der Waals surface area contributed by atoms with E-state index in [0.29, 0.717) is 6.61 Å². The molecular weight excluding hydrogens is 300 g/mol. The van der Waals surface area contributed by atoms with Crippen LogP contribution in [0.2, 0.25) is 0 Å². The van der Waals surface area contributed by atoms with Gasteiger partial charge in [-0.1, -0.05) is 12.0 Å². The van der Waals surface area contributed by atoms with Gasteiger partial charge in [-0.3, -0.25) is 0 Å². The smallest absolute Gasteiger partial charge is 0.191 e. The lowest BCUT2D eigenvalue weighted by Crippen LogP contribution is -2.55. The zero-order valence-corrected chi connectivity index (χ0v) is 14.0. The van der Waals surface area contributed by atoms with Gasteiger partial charge in [0.25, 0.3) is 0 Å². The molecule has 3 rings (SSSR count). The first-order valence-corrected chi connectivity index (χ1v) is 7.78. The number of hydrogen-bond acceptors (Lipinski definition) is 6. The second-order valence-electron chi connectivity index (χ2n) is 6.89. The summed E-state index contributed by atoms with van der Waals surface area (Å²) in [5.74, 6) is 1.27. The third-order valence-corrected chi connectivity index (χ3v) is 4.22. The maximum absolute atomic E-state index is 6.05. The molecule has 3 saturated heterocycles. The van der Waals surface area contributed by atoms with Crippen LogP contribution < -0.4 is 0 Å². The van der Waals surface area contributed by atoms with Crippen LogP contribution in [0, 0.1) is 12.3 Å². The summed E-state index contributed by atoms with van der Waals surface area (Å²) >= 11 is 0.